The molecular formula is C30H51N. The smallest absolute Gasteiger partial charge is 0.0196 e. The van der Waals surface area contributed by atoms with Crippen LogP contribution in [0.4, 0.5) is 0 Å². The number of aryl methyl sites for hydroxylation is 1. The summed E-state index contributed by atoms with van der Waals surface area (Å²) in [5.74, 6) is 0.852. The molecule has 1 saturated heterocycles. The van der Waals surface area contributed by atoms with Crippen molar-refractivity contribution in [3.63, 3.8) is 0 Å². The van der Waals surface area contributed by atoms with Crippen molar-refractivity contribution in [2.24, 2.45) is 5.92 Å². The van der Waals surface area contributed by atoms with Crippen LogP contribution in [0.1, 0.15) is 85.8 Å². The van der Waals surface area contributed by atoms with E-state index < -0.39 is 0 Å². The zero-order chi connectivity index (χ0) is 24.2. The molecule has 0 amide bonds. The summed E-state index contributed by atoms with van der Waals surface area (Å²) in [6.45, 7) is 29.7. The molecule has 1 atom stereocenters. The van der Waals surface area contributed by atoms with E-state index in [0.29, 0.717) is 0 Å². The molecule has 1 aliphatic rings. The second-order valence-electron chi connectivity index (χ2n) is 8.58. The third-order valence-corrected chi connectivity index (χ3v) is 4.91. The summed E-state index contributed by atoms with van der Waals surface area (Å²) >= 11 is 0. The summed E-state index contributed by atoms with van der Waals surface area (Å²) in [5, 5.41) is 0. The van der Waals surface area contributed by atoms with Crippen molar-refractivity contribution in [3.05, 3.63) is 77.9 Å². The number of hydrogen-bond acceptors (Lipinski definition) is 1. The Morgan fingerprint density at radius 1 is 1.06 bits per heavy atom. The van der Waals surface area contributed by atoms with E-state index in [1.54, 1.807) is 6.08 Å². The number of benzene rings is 1. The van der Waals surface area contributed by atoms with Crippen molar-refractivity contribution in [1.29, 1.82) is 0 Å². The lowest BCUT2D eigenvalue weighted by Crippen LogP contribution is -2.29. The van der Waals surface area contributed by atoms with Gasteiger partial charge in [-0.25, -0.2) is 0 Å². The third kappa shape index (κ3) is 17.5. The van der Waals surface area contributed by atoms with Crippen molar-refractivity contribution >= 4 is 5.57 Å². The highest BCUT2D eigenvalue weighted by Gasteiger charge is 2.15. The molecule has 0 spiro atoms. The lowest BCUT2D eigenvalue weighted by Gasteiger charge is -2.23. The van der Waals surface area contributed by atoms with E-state index in [2.05, 4.69) is 70.0 Å². The summed E-state index contributed by atoms with van der Waals surface area (Å²) in [6.07, 6.45) is 9.74. The van der Waals surface area contributed by atoms with Crippen LogP contribution in [0, 0.1) is 12.8 Å². The van der Waals surface area contributed by atoms with Crippen LogP contribution in [0.3, 0.4) is 0 Å². The normalized spacial score (nSPS) is 16.9. The van der Waals surface area contributed by atoms with Gasteiger partial charge in [-0.2, -0.15) is 0 Å². The molecule has 1 aromatic carbocycles. The van der Waals surface area contributed by atoms with Crippen molar-refractivity contribution in [1.82, 2.24) is 4.90 Å². The first-order valence-electron chi connectivity index (χ1n) is 12.0. The van der Waals surface area contributed by atoms with Gasteiger partial charge in [0.1, 0.15) is 0 Å². The summed E-state index contributed by atoms with van der Waals surface area (Å²) in [7, 11) is 0. The molecule has 176 valence electrons. The number of allylic oxidation sites excluding steroid dienone is 5. The molecule has 1 fully saturated rings. The average molecular weight is 426 g/mol. The Balaban J connectivity index is 0. The van der Waals surface area contributed by atoms with Crippen LogP contribution in [-0.2, 0) is 0 Å². The first-order chi connectivity index (χ1) is 14.7. The average Bonchev–Trinajstić information content (AvgIpc) is 2.94. The van der Waals surface area contributed by atoms with Crippen LogP contribution in [0.15, 0.2) is 66.8 Å². The number of likely N-dealkylation sites (tertiary alicyclic amines) is 1. The van der Waals surface area contributed by atoms with Crippen LogP contribution in [0.2, 0.25) is 0 Å². The zero-order valence-electron chi connectivity index (χ0n) is 22.2. The maximum Gasteiger partial charge on any atom is 0.0196 e. The van der Waals surface area contributed by atoms with Crippen LogP contribution in [-0.4, -0.2) is 24.5 Å². The predicted molar refractivity (Wildman–Crippen MR) is 146 cm³/mol. The second-order valence-corrected chi connectivity index (χ2v) is 8.58. The van der Waals surface area contributed by atoms with Gasteiger partial charge >= 0.3 is 0 Å². The van der Waals surface area contributed by atoms with Gasteiger partial charge in [0, 0.05) is 13.1 Å². The van der Waals surface area contributed by atoms with Gasteiger partial charge in [-0.05, 0) is 78.0 Å². The fourth-order valence-electron chi connectivity index (χ4n) is 3.24. The topological polar surface area (TPSA) is 3.24 Å². The quantitative estimate of drug-likeness (QED) is 0.343. The highest BCUT2D eigenvalue weighted by molar-refractivity contribution is 5.67. The lowest BCUT2D eigenvalue weighted by molar-refractivity contribution is 0.276. The Morgan fingerprint density at radius 2 is 1.61 bits per heavy atom. The standard InChI is InChI=1S/C19H29N.C5H8.C4H8.C2H6/c1-15-8-10-19(11-9-15)18(4)17(3)14-20-12-6-5-7-16(2)13-20;1-3-5-4-2;1-4(2)3;1-2/h8-11,16H,5-7,12-14H2,1-4H3;3-5H,1H2,2H3;1H2,2-3H3;1-2H3/b18-17-;5-4-;;. The molecule has 0 N–H and O–H groups in total. The van der Waals surface area contributed by atoms with Gasteiger partial charge in [-0.15, -0.1) is 6.58 Å². The zero-order valence-corrected chi connectivity index (χ0v) is 22.2. The van der Waals surface area contributed by atoms with E-state index >= 15 is 0 Å². The van der Waals surface area contributed by atoms with Gasteiger partial charge in [-0.3, -0.25) is 4.90 Å². The molecule has 1 aliphatic heterocycles. The van der Waals surface area contributed by atoms with Crippen LogP contribution >= 0.6 is 0 Å². The van der Waals surface area contributed by atoms with Crippen molar-refractivity contribution < 1.29 is 0 Å². The van der Waals surface area contributed by atoms with Crippen LogP contribution < -0.4 is 0 Å². The largest absolute Gasteiger partial charge is 0.299 e. The molecule has 0 aliphatic carbocycles. The van der Waals surface area contributed by atoms with E-state index in [1.165, 1.54) is 60.2 Å². The van der Waals surface area contributed by atoms with Gasteiger partial charge in [0.05, 0.1) is 0 Å². The molecule has 0 aromatic heterocycles. The Labute approximate surface area is 195 Å². The number of hydrogen-bond donors (Lipinski definition) is 0. The second kappa shape index (κ2) is 20.1. The number of nitrogens with zero attached hydrogens (tertiary/aromatic N) is 1. The minimum absolute atomic E-state index is 0.852. The molecule has 0 radical (unpaired) electrons. The van der Waals surface area contributed by atoms with Crippen molar-refractivity contribution in [2.45, 2.75) is 81.6 Å². The summed E-state index contributed by atoms with van der Waals surface area (Å²) < 4.78 is 0. The van der Waals surface area contributed by atoms with Gasteiger partial charge in [0.15, 0.2) is 0 Å². The van der Waals surface area contributed by atoms with Crippen molar-refractivity contribution in [2.75, 3.05) is 19.6 Å². The molecular weight excluding hydrogens is 374 g/mol. The molecule has 1 aromatic rings. The Bertz CT molecular complexity index is 641. The van der Waals surface area contributed by atoms with Crippen LogP contribution in [0.5, 0.6) is 0 Å². The Morgan fingerprint density at radius 3 is 2.06 bits per heavy atom. The first-order valence-corrected chi connectivity index (χ1v) is 12.0. The van der Waals surface area contributed by atoms with Crippen molar-refractivity contribution in [3.8, 4) is 0 Å². The molecule has 1 heteroatoms. The van der Waals surface area contributed by atoms with Gasteiger partial charge in [0.25, 0.3) is 0 Å². The summed E-state index contributed by atoms with van der Waals surface area (Å²) in [5.41, 5.74) is 6.83. The summed E-state index contributed by atoms with van der Waals surface area (Å²) in [6, 6.07) is 8.92. The summed E-state index contributed by atoms with van der Waals surface area (Å²) in [4.78, 5) is 2.64. The molecule has 1 nitrogen and oxygen atoms in total. The minimum Gasteiger partial charge on any atom is -0.299 e. The van der Waals surface area contributed by atoms with E-state index in [1.807, 2.05) is 46.8 Å². The third-order valence-electron chi connectivity index (χ3n) is 4.91. The lowest BCUT2D eigenvalue weighted by atomic mass is 10.0. The predicted octanol–water partition coefficient (Wildman–Crippen LogP) is 9.27. The highest BCUT2D eigenvalue weighted by Crippen LogP contribution is 2.21. The molecule has 0 saturated carbocycles. The van der Waals surface area contributed by atoms with E-state index in [0.717, 1.165) is 12.5 Å². The van der Waals surface area contributed by atoms with E-state index in [9.17, 15) is 0 Å². The fraction of sp³-hybridized carbons (Fsp3) is 0.533. The Hall–Kier alpha value is -1.86. The van der Waals surface area contributed by atoms with E-state index in [4.69, 9.17) is 0 Å². The highest BCUT2D eigenvalue weighted by atomic mass is 15.1. The molecule has 1 heterocycles. The SMILES string of the molecule is C/C(CN1CCCCC(C)C1)=C(\C)c1ccc(C)cc1.C=C(C)C.C=C/C=C\C.CC. The monoisotopic (exact) mass is 425 g/mol. The fourth-order valence-corrected chi connectivity index (χ4v) is 3.24. The first kappa shape index (κ1) is 31.3. The van der Waals surface area contributed by atoms with Gasteiger partial charge in [-0.1, -0.05) is 93.0 Å². The maximum atomic E-state index is 3.56. The maximum absolute atomic E-state index is 3.56. The molecule has 2 rings (SSSR count). The van der Waals surface area contributed by atoms with E-state index in [-0.39, 0.29) is 0 Å². The molecule has 31 heavy (non-hydrogen) atoms. The Kier molecular flexibility index (Phi) is 20.3. The number of rotatable bonds is 4. The van der Waals surface area contributed by atoms with Gasteiger partial charge < -0.3 is 0 Å². The van der Waals surface area contributed by atoms with Crippen LogP contribution in [0.25, 0.3) is 5.57 Å². The molecule has 1 unspecified atom stereocenters. The molecule has 0 bridgehead atoms. The minimum atomic E-state index is 0.852. The van der Waals surface area contributed by atoms with Gasteiger partial charge in [0.2, 0.25) is 0 Å².